The molecule has 0 aromatic rings. The second kappa shape index (κ2) is 84.7. The van der Waals surface area contributed by atoms with Crippen molar-refractivity contribution < 1.29 is 164 Å². The van der Waals surface area contributed by atoms with E-state index in [9.17, 15) is 43.2 Å². The number of hydrogen-bond donors (Lipinski definition) is 2. The normalized spacial score (nSPS) is 9.03. The van der Waals surface area contributed by atoms with Gasteiger partial charge in [0.15, 0.2) is 5.78 Å². The summed E-state index contributed by atoms with van der Waals surface area (Å²) in [5.41, 5.74) is 2.32. The van der Waals surface area contributed by atoms with Crippen LogP contribution in [0.5, 0.6) is 0 Å². The maximum atomic E-state index is 10.1. The molecule has 0 spiro atoms. The van der Waals surface area contributed by atoms with Crippen molar-refractivity contribution >= 4 is 142 Å². The van der Waals surface area contributed by atoms with Crippen LogP contribution in [0.1, 0.15) is 82.1 Å². The Morgan fingerprint density at radius 3 is 0.844 bits per heavy atom. The summed E-state index contributed by atoms with van der Waals surface area (Å²) in [4.78, 5) is 122. The molecule has 64 heavy (non-hydrogen) atoms. The minimum atomic E-state index is -0.833. The van der Waals surface area contributed by atoms with Crippen molar-refractivity contribution in [2.45, 2.75) is 82.1 Å². The number of Topliss-reactive ketones (excluding diaryl/α,β-unsaturated/α-hetero) is 2. The number of rotatable bonds is 10. The molecular formula is C36H50Br4N2O18W4. The molecule has 0 radical (unpaired) electrons. The molecule has 2 rings (SSSR count). The molecule has 2 N–H and O–H groups in total. The number of carboxylic acid groups (broad SMARTS) is 2. The first kappa shape index (κ1) is 92.6. The maximum Gasteiger partial charge on any atom is 2.00 e. The van der Waals surface area contributed by atoms with Gasteiger partial charge in [0.05, 0.1) is 5.33 Å². The number of carbonyl (C=O) groups excluding carboxylic acids is 10. The van der Waals surface area contributed by atoms with Gasteiger partial charge < -0.3 is 70.5 Å². The number of halogens is 4. The van der Waals surface area contributed by atoms with E-state index in [0.717, 1.165) is 38.1 Å². The fraction of sp³-hybridized carbons (Fsp3) is 0.500. The first-order valence-electron chi connectivity index (χ1n) is 15.8. The summed E-state index contributed by atoms with van der Waals surface area (Å²) in [6, 6.07) is 0. The van der Waals surface area contributed by atoms with E-state index < -0.39 is 35.8 Å². The summed E-state index contributed by atoms with van der Waals surface area (Å²) >= 11 is 12.1. The SMILES string of the molecule is CC(=O)CBr.CC(=O)COC(C)=O.CC(=O)O.CC(=O)O.CC(=O)OC[C-]=O.CC(=O)OC[C-]=O.CC(=O)OC[C-]=O.CC1=NC=[C-]C1.CC1=NC=[C-]C1.O=[C-]CBr.[Br][W][Br].[W+2].[W+2].[W+2]. The number of alkyl halides is 2. The molecule has 2 aliphatic rings. The number of nitrogens with zero attached hydrogens (tertiary/aromatic N) is 2. The van der Waals surface area contributed by atoms with Crippen LogP contribution in [0.2, 0.25) is 0 Å². The van der Waals surface area contributed by atoms with Gasteiger partial charge in [-0.3, -0.25) is 44.6 Å². The van der Waals surface area contributed by atoms with Crippen LogP contribution >= 0.6 is 58.5 Å². The molecule has 2 heterocycles. The van der Waals surface area contributed by atoms with Crippen molar-refractivity contribution in [2.24, 2.45) is 9.98 Å². The average molecular weight is 1850 g/mol. The summed E-state index contributed by atoms with van der Waals surface area (Å²) in [5.74, 6) is -3.42. The third kappa shape index (κ3) is 203. The number of carboxylic acids is 2. The standard InChI is InChI=1S/2C5H6N.C5H8O3.3C4H5O3.C3H5BrO.C2H2BrO.2C2H4O2.2BrH.4W/c2*1-5-3-2-4-6-5;1-4(6)3-8-5(2)7;3*1-4(6)7-3-2-5;1-3(5)2-4;3-1-2-4;2*1-2(3)4;;;;;;/h2*4H,3H2,1H3;3H2,1-2H3;3*3H2,1H3;2H2,1H3;1H2;2*1H3,(H,3,4);2*1H;;;;/q2*-1;;3*-1;;-1;;;;;4*+2/p-2. The molecular weight excluding hydrogens is 1800 g/mol. The van der Waals surface area contributed by atoms with E-state index in [-0.39, 0.29) is 116 Å². The predicted octanol–water partition coefficient (Wildman–Crippen LogP) is 4.78. The summed E-state index contributed by atoms with van der Waals surface area (Å²) in [6.45, 7) is 13.2. The molecule has 0 saturated carbocycles. The Morgan fingerprint density at radius 1 is 0.578 bits per heavy atom. The Bertz CT molecular complexity index is 1240. The van der Waals surface area contributed by atoms with Crippen molar-refractivity contribution in [1.82, 2.24) is 0 Å². The van der Waals surface area contributed by atoms with E-state index in [1.165, 1.54) is 60.4 Å². The van der Waals surface area contributed by atoms with E-state index in [2.05, 4.69) is 99.5 Å². The van der Waals surface area contributed by atoms with Gasteiger partial charge in [0.2, 0.25) is 0 Å². The molecule has 2 aliphatic heterocycles. The van der Waals surface area contributed by atoms with Crippen LogP contribution in [-0.4, -0.2) is 131 Å². The van der Waals surface area contributed by atoms with Gasteiger partial charge >= 0.3 is 110 Å². The number of aliphatic imine (C=N–C) groups is 2. The van der Waals surface area contributed by atoms with Gasteiger partial charge in [0.25, 0.3) is 29.8 Å². The molecule has 0 unspecified atom stereocenters. The Hall–Kier alpha value is -1.67. The Morgan fingerprint density at radius 2 is 0.797 bits per heavy atom. The summed E-state index contributed by atoms with van der Waals surface area (Å²) < 4.78 is 16.7. The third-order valence-electron chi connectivity index (χ3n) is 3.19. The number of carbonyl (C=O) groups is 8. The van der Waals surface area contributed by atoms with Gasteiger partial charge in [-0.15, -0.1) is 28.8 Å². The zero-order chi connectivity index (χ0) is 50.0. The largest absolute Gasteiger partial charge is 2.00 e. The van der Waals surface area contributed by atoms with Crippen LogP contribution in [0.25, 0.3) is 0 Å². The van der Waals surface area contributed by atoms with Crippen LogP contribution < -0.4 is 0 Å². The number of ketones is 2. The number of aliphatic carboxylic acids is 2. The summed E-state index contributed by atoms with van der Waals surface area (Å²) in [6.07, 6.45) is 17.0. The molecule has 0 aromatic heterocycles. The molecule has 0 fully saturated rings. The Labute approximate surface area is 455 Å². The van der Waals surface area contributed by atoms with E-state index >= 15 is 0 Å². The molecule has 0 aliphatic carbocycles. The summed E-state index contributed by atoms with van der Waals surface area (Å²) in [5, 5.41) is 15.6. The van der Waals surface area contributed by atoms with Crippen molar-refractivity contribution in [1.29, 1.82) is 0 Å². The van der Waals surface area contributed by atoms with E-state index in [1.54, 1.807) is 18.7 Å². The van der Waals surface area contributed by atoms with Crippen LogP contribution in [0.4, 0.5) is 0 Å². The Balaban J connectivity index is -0.0000000467. The fourth-order valence-electron chi connectivity index (χ4n) is 1.39. The van der Waals surface area contributed by atoms with Gasteiger partial charge in [-0.1, -0.05) is 21.3 Å². The number of allylic oxidation sites excluding steroid dienone is 2. The second-order valence-corrected chi connectivity index (χ2v) is 23.2. The van der Waals surface area contributed by atoms with Crippen LogP contribution in [0.15, 0.2) is 22.4 Å². The molecule has 0 amide bonds. The molecule has 20 nitrogen and oxygen atoms in total. The molecule has 0 bridgehead atoms. The zero-order valence-corrected chi connectivity index (χ0v) is 54.4. The van der Waals surface area contributed by atoms with Crippen LogP contribution in [0.3, 0.4) is 0 Å². The van der Waals surface area contributed by atoms with E-state index in [4.69, 9.17) is 24.6 Å². The van der Waals surface area contributed by atoms with Gasteiger partial charge in [-0.05, 0) is 58.9 Å². The van der Waals surface area contributed by atoms with E-state index in [1.807, 2.05) is 13.8 Å². The van der Waals surface area contributed by atoms with Gasteiger partial charge in [0.1, 0.15) is 12.4 Å². The first-order chi connectivity index (χ1) is 28.3. The molecule has 0 aromatic carbocycles. The van der Waals surface area contributed by atoms with Crippen molar-refractivity contribution in [3.05, 3.63) is 24.6 Å². The number of hydrogen-bond acceptors (Lipinski definition) is 18. The van der Waals surface area contributed by atoms with Crippen molar-refractivity contribution in [2.75, 3.05) is 37.1 Å². The van der Waals surface area contributed by atoms with Crippen molar-refractivity contribution in [3.8, 4) is 0 Å². The Kier molecular flexibility index (Phi) is 123. The smallest absolute Gasteiger partial charge is 2.00 e. The van der Waals surface area contributed by atoms with Gasteiger partial charge in [0, 0.05) is 41.5 Å². The molecule has 28 heteroatoms. The average Bonchev–Trinajstić information content (AvgIpc) is 3.86. The van der Waals surface area contributed by atoms with E-state index in [0.29, 0.717) is 10.7 Å². The minimum absolute atomic E-state index is 0. The fourth-order valence-corrected chi connectivity index (χ4v) is 1.39. The van der Waals surface area contributed by atoms with Crippen molar-refractivity contribution in [3.63, 3.8) is 0 Å². The monoisotopic (exact) mass is 1850 g/mol. The number of esters is 4. The summed E-state index contributed by atoms with van der Waals surface area (Å²) in [7, 11) is 0. The quantitative estimate of drug-likeness (QED) is 0.129. The predicted molar refractivity (Wildman–Crippen MR) is 234 cm³/mol. The van der Waals surface area contributed by atoms with Crippen LogP contribution in [-0.2, 0) is 154 Å². The third-order valence-corrected chi connectivity index (χ3v) is 4.21. The van der Waals surface area contributed by atoms with Gasteiger partial charge in [-0.25, -0.2) is 18.9 Å². The molecule has 0 atom stereocenters. The zero-order valence-electron chi connectivity index (χ0n) is 36.3. The maximum absolute atomic E-state index is 10.1. The first-order valence-corrected chi connectivity index (χ1v) is 30.8. The second-order valence-electron chi connectivity index (χ2n) is 9.21. The molecule has 364 valence electrons. The number of ether oxygens (including phenoxy) is 4. The van der Waals surface area contributed by atoms with Gasteiger partial charge in [-0.2, -0.15) is 12.4 Å². The topological polar surface area (TPSA) is 307 Å². The van der Waals surface area contributed by atoms with Crippen LogP contribution in [0, 0.1) is 12.2 Å². The minimum Gasteiger partial charge on any atom is 2.00 e. The molecule has 0 saturated heterocycles.